The van der Waals surface area contributed by atoms with Crippen molar-refractivity contribution in [1.82, 2.24) is 20.0 Å². The van der Waals surface area contributed by atoms with Crippen LogP contribution in [0.4, 0.5) is 10.5 Å². The van der Waals surface area contributed by atoms with E-state index in [1.165, 1.54) is 0 Å². The lowest BCUT2D eigenvalue weighted by Gasteiger charge is -2.36. The second kappa shape index (κ2) is 8.99. The number of aromatic nitrogens is 2. The topological polar surface area (TPSA) is 62.6 Å². The molecule has 3 rings (SSSR count). The van der Waals surface area contributed by atoms with Crippen molar-refractivity contribution in [3.05, 3.63) is 41.2 Å². The van der Waals surface area contributed by atoms with Crippen molar-refractivity contribution in [3.63, 3.8) is 0 Å². The van der Waals surface area contributed by atoms with Gasteiger partial charge in [-0.05, 0) is 39.8 Å². The molecule has 1 aromatic heterocycles. The molecule has 0 aliphatic carbocycles. The van der Waals surface area contributed by atoms with E-state index in [0.717, 1.165) is 48.0 Å². The Morgan fingerprint density at radius 3 is 2.50 bits per heavy atom. The fourth-order valence-corrected chi connectivity index (χ4v) is 3.72. The molecule has 0 atom stereocenters. The van der Waals surface area contributed by atoms with Gasteiger partial charge >= 0.3 is 6.03 Å². The Hall–Kier alpha value is -2.70. The molecule has 1 aromatic carbocycles. The molecule has 28 heavy (non-hydrogen) atoms. The standard InChI is InChI=1S/C21H31N5O2/c1-5-26-17(4)18(16(3)23-26)15-22-21(27)25-13-11-24(12-14-25)19-9-7-8-10-20(19)28-6-2/h7-10H,5-6,11-15H2,1-4H3,(H,22,27). The lowest BCUT2D eigenvalue weighted by Crippen LogP contribution is -2.51. The highest BCUT2D eigenvalue weighted by atomic mass is 16.5. The van der Waals surface area contributed by atoms with Gasteiger partial charge in [0, 0.05) is 50.5 Å². The lowest BCUT2D eigenvalue weighted by molar-refractivity contribution is 0.193. The molecule has 0 saturated carbocycles. The van der Waals surface area contributed by atoms with Gasteiger partial charge in [0.05, 0.1) is 18.0 Å². The van der Waals surface area contributed by atoms with Crippen LogP contribution in [0.2, 0.25) is 0 Å². The Morgan fingerprint density at radius 2 is 1.86 bits per heavy atom. The Morgan fingerprint density at radius 1 is 1.14 bits per heavy atom. The molecule has 1 fully saturated rings. The third-order valence-corrected chi connectivity index (χ3v) is 5.32. The Labute approximate surface area is 167 Å². The Kier molecular flexibility index (Phi) is 6.44. The van der Waals surface area contributed by atoms with Crippen LogP contribution in [0, 0.1) is 13.8 Å². The van der Waals surface area contributed by atoms with E-state index in [-0.39, 0.29) is 6.03 Å². The van der Waals surface area contributed by atoms with Crippen molar-refractivity contribution < 1.29 is 9.53 Å². The van der Waals surface area contributed by atoms with Crippen LogP contribution in [0.25, 0.3) is 0 Å². The van der Waals surface area contributed by atoms with Crippen LogP contribution in [-0.4, -0.2) is 53.5 Å². The van der Waals surface area contributed by atoms with Crippen LogP contribution in [0.15, 0.2) is 24.3 Å². The number of nitrogens with one attached hydrogen (secondary N) is 1. The maximum Gasteiger partial charge on any atom is 0.317 e. The highest BCUT2D eigenvalue weighted by molar-refractivity contribution is 5.74. The molecule has 2 amide bonds. The predicted molar refractivity (Wildman–Crippen MR) is 111 cm³/mol. The second-order valence-corrected chi connectivity index (χ2v) is 7.00. The fourth-order valence-electron chi connectivity index (χ4n) is 3.72. The number of carbonyl (C=O) groups is 1. The zero-order valence-electron chi connectivity index (χ0n) is 17.4. The average Bonchev–Trinajstić information content (AvgIpc) is 3.00. The number of benzene rings is 1. The van der Waals surface area contributed by atoms with Gasteiger partial charge in [-0.1, -0.05) is 12.1 Å². The summed E-state index contributed by atoms with van der Waals surface area (Å²) in [5.41, 5.74) is 4.32. The number of urea groups is 1. The SMILES string of the molecule is CCOc1ccccc1N1CCN(C(=O)NCc2c(C)nn(CC)c2C)CC1. The number of piperazine rings is 1. The number of carbonyl (C=O) groups excluding carboxylic acids is 1. The van der Waals surface area contributed by atoms with Gasteiger partial charge < -0.3 is 19.9 Å². The highest BCUT2D eigenvalue weighted by Crippen LogP contribution is 2.28. The Balaban J connectivity index is 1.55. The summed E-state index contributed by atoms with van der Waals surface area (Å²) in [6.07, 6.45) is 0. The minimum absolute atomic E-state index is 0.0132. The van der Waals surface area contributed by atoms with Crippen molar-refractivity contribution in [2.45, 2.75) is 40.8 Å². The van der Waals surface area contributed by atoms with E-state index in [1.54, 1.807) is 0 Å². The highest BCUT2D eigenvalue weighted by Gasteiger charge is 2.23. The summed E-state index contributed by atoms with van der Waals surface area (Å²) >= 11 is 0. The van der Waals surface area contributed by atoms with Gasteiger partial charge in [0.2, 0.25) is 0 Å². The first-order chi connectivity index (χ1) is 13.5. The third-order valence-electron chi connectivity index (χ3n) is 5.32. The van der Waals surface area contributed by atoms with E-state index in [2.05, 4.69) is 35.2 Å². The second-order valence-electron chi connectivity index (χ2n) is 7.00. The normalized spacial score (nSPS) is 14.3. The van der Waals surface area contributed by atoms with Crippen molar-refractivity contribution >= 4 is 11.7 Å². The van der Waals surface area contributed by atoms with E-state index >= 15 is 0 Å². The van der Waals surface area contributed by atoms with Crippen LogP contribution in [0.3, 0.4) is 0 Å². The maximum atomic E-state index is 12.6. The molecule has 2 heterocycles. The minimum atomic E-state index is -0.0132. The predicted octanol–water partition coefficient (Wildman–Crippen LogP) is 2.95. The molecule has 0 bridgehead atoms. The molecular formula is C21H31N5O2. The van der Waals surface area contributed by atoms with Crippen molar-refractivity contribution in [2.24, 2.45) is 0 Å². The number of hydrogen-bond donors (Lipinski definition) is 1. The number of rotatable bonds is 6. The minimum Gasteiger partial charge on any atom is -0.492 e. The number of aryl methyl sites for hydroxylation is 2. The molecular weight excluding hydrogens is 354 g/mol. The van der Waals surface area contributed by atoms with E-state index < -0.39 is 0 Å². The van der Waals surface area contributed by atoms with Gasteiger partial charge in [0.15, 0.2) is 0 Å². The number of hydrogen-bond acceptors (Lipinski definition) is 4. The number of amides is 2. The quantitative estimate of drug-likeness (QED) is 0.830. The zero-order chi connectivity index (χ0) is 20.1. The van der Waals surface area contributed by atoms with Crippen LogP contribution < -0.4 is 15.0 Å². The molecule has 0 spiro atoms. The lowest BCUT2D eigenvalue weighted by atomic mass is 10.2. The van der Waals surface area contributed by atoms with Crippen LogP contribution >= 0.6 is 0 Å². The van der Waals surface area contributed by atoms with E-state index in [4.69, 9.17) is 4.74 Å². The third kappa shape index (κ3) is 4.24. The molecule has 1 aliphatic rings. The van der Waals surface area contributed by atoms with E-state index in [0.29, 0.717) is 26.2 Å². The van der Waals surface area contributed by atoms with E-state index in [9.17, 15) is 4.79 Å². The molecule has 0 radical (unpaired) electrons. The monoisotopic (exact) mass is 385 g/mol. The number of ether oxygens (including phenoxy) is 1. The van der Waals surface area contributed by atoms with Crippen molar-refractivity contribution in [1.29, 1.82) is 0 Å². The molecule has 1 N–H and O–H groups in total. The summed E-state index contributed by atoms with van der Waals surface area (Å²) < 4.78 is 7.72. The molecule has 0 unspecified atom stereocenters. The first-order valence-electron chi connectivity index (χ1n) is 10.1. The molecule has 1 saturated heterocycles. The fraction of sp³-hybridized carbons (Fsp3) is 0.524. The van der Waals surface area contributed by atoms with Crippen LogP contribution in [-0.2, 0) is 13.1 Å². The summed E-state index contributed by atoms with van der Waals surface area (Å²) in [6.45, 7) is 13.1. The molecule has 152 valence electrons. The van der Waals surface area contributed by atoms with Gasteiger partial charge in [-0.15, -0.1) is 0 Å². The van der Waals surface area contributed by atoms with Crippen molar-refractivity contribution in [3.8, 4) is 5.75 Å². The summed E-state index contributed by atoms with van der Waals surface area (Å²) in [4.78, 5) is 16.8. The smallest absolute Gasteiger partial charge is 0.317 e. The van der Waals surface area contributed by atoms with Gasteiger partial charge in [-0.3, -0.25) is 4.68 Å². The van der Waals surface area contributed by atoms with Crippen LogP contribution in [0.5, 0.6) is 5.75 Å². The molecule has 2 aromatic rings. The van der Waals surface area contributed by atoms with Gasteiger partial charge in [-0.25, -0.2) is 4.79 Å². The van der Waals surface area contributed by atoms with Crippen LogP contribution in [0.1, 0.15) is 30.8 Å². The number of nitrogens with zero attached hydrogens (tertiary/aromatic N) is 4. The summed E-state index contributed by atoms with van der Waals surface area (Å²) in [7, 11) is 0. The first kappa shape index (κ1) is 20.0. The number of anilines is 1. The first-order valence-corrected chi connectivity index (χ1v) is 10.1. The molecule has 7 heteroatoms. The Bertz CT molecular complexity index is 809. The number of para-hydroxylation sites is 2. The molecule has 7 nitrogen and oxygen atoms in total. The average molecular weight is 386 g/mol. The summed E-state index contributed by atoms with van der Waals surface area (Å²) in [5.74, 6) is 0.904. The molecule has 1 aliphatic heterocycles. The van der Waals surface area contributed by atoms with Gasteiger partial charge in [0.1, 0.15) is 5.75 Å². The maximum absolute atomic E-state index is 12.6. The van der Waals surface area contributed by atoms with Crippen molar-refractivity contribution in [2.75, 3.05) is 37.7 Å². The summed E-state index contributed by atoms with van der Waals surface area (Å²) in [6, 6.07) is 8.08. The van der Waals surface area contributed by atoms with Gasteiger partial charge in [0.25, 0.3) is 0 Å². The van der Waals surface area contributed by atoms with E-state index in [1.807, 2.05) is 41.6 Å². The zero-order valence-corrected chi connectivity index (χ0v) is 17.4. The summed E-state index contributed by atoms with van der Waals surface area (Å²) in [5, 5.41) is 7.58. The largest absolute Gasteiger partial charge is 0.492 e. The van der Waals surface area contributed by atoms with Gasteiger partial charge in [-0.2, -0.15) is 5.10 Å².